The summed E-state index contributed by atoms with van der Waals surface area (Å²) in [6.45, 7) is 2.18. The first-order chi connectivity index (χ1) is 8.19. The molecule has 17 heavy (non-hydrogen) atoms. The van der Waals surface area contributed by atoms with Gasteiger partial charge in [0.2, 0.25) is 0 Å². The predicted octanol–water partition coefficient (Wildman–Crippen LogP) is 4.84. The standard InChI is InChI=1S/C13H14ClNS2/c1-2-10-4-5-11(17-10)8-16-13-6-3-9(15)7-12(13)14/h3-7H,2,8,15H2,1H3. The number of aryl methyl sites for hydroxylation is 1. The number of hydrogen-bond donors (Lipinski definition) is 1. The lowest BCUT2D eigenvalue weighted by atomic mass is 10.3. The molecule has 0 amide bonds. The Bertz CT molecular complexity index is 508. The summed E-state index contributed by atoms with van der Waals surface area (Å²) in [5, 5.41) is 0.738. The first-order valence-electron chi connectivity index (χ1n) is 5.44. The summed E-state index contributed by atoms with van der Waals surface area (Å²) in [5.41, 5.74) is 6.38. The Hall–Kier alpha value is -0.640. The van der Waals surface area contributed by atoms with E-state index in [1.54, 1.807) is 17.8 Å². The topological polar surface area (TPSA) is 26.0 Å². The normalized spacial score (nSPS) is 10.7. The van der Waals surface area contributed by atoms with Crippen LogP contribution < -0.4 is 5.73 Å². The molecule has 1 heterocycles. The van der Waals surface area contributed by atoms with Crippen molar-refractivity contribution < 1.29 is 0 Å². The fourth-order valence-corrected chi connectivity index (χ4v) is 3.75. The van der Waals surface area contributed by atoms with Crippen LogP contribution in [0.5, 0.6) is 0 Å². The number of thiophene rings is 1. The van der Waals surface area contributed by atoms with Gasteiger partial charge in [-0.1, -0.05) is 18.5 Å². The van der Waals surface area contributed by atoms with Crippen LogP contribution in [0, 0.1) is 0 Å². The van der Waals surface area contributed by atoms with E-state index < -0.39 is 0 Å². The quantitative estimate of drug-likeness (QED) is 0.642. The molecule has 0 bridgehead atoms. The number of anilines is 1. The molecule has 0 aliphatic heterocycles. The minimum Gasteiger partial charge on any atom is -0.399 e. The molecule has 2 rings (SSSR count). The Morgan fingerprint density at radius 1 is 1.24 bits per heavy atom. The molecule has 1 aromatic carbocycles. The second-order valence-corrected chi connectivity index (χ2v) is 6.38. The van der Waals surface area contributed by atoms with E-state index in [9.17, 15) is 0 Å². The lowest BCUT2D eigenvalue weighted by Gasteiger charge is -2.03. The zero-order chi connectivity index (χ0) is 12.3. The van der Waals surface area contributed by atoms with Crippen molar-refractivity contribution in [3.63, 3.8) is 0 Å². The SMILES string of the molecule is CCc1ccc(CSc2ccc(N)cc2Cl)s1. The number of rotatable bonds is 4. The van der Waals surface area contributed by atoms with Crippen molar-refractivity contribution in [3.8, 4) is 0 Å². The van der Waals surface area contributed by atoms with Gasteiger partial charge in [0.15, 0.2) is 0 Å². The summed E-state index contributed by atoms with van der Waals surface area (Å²) in [6.07, 6.45) is 1.11. The summed E-state index contributed by atoms with van der Waals surface area (Å²) in [7, 11) is 0. The molecule has 0 spiro atoms. The van der Waals surface area contributed by atoms with E-state index >= 15 is 0 Å². The van der Waals surface area contributed by atoms with E-state index in [2.05, 4.69) is 19.1 Å². The molecule has 2 aromatic rings. The maximum atomic E-state index is 6.13. The molecule has 1 nitrogen and oxygen atoms in total. The highest BCUT2D eigenvalue weighted by molar-refractivity contribution is 7.98. The fraction of sp³-hybridized carbons (Fsp3) is 0.231. The zero-order valence-corrected chi connectivity index (χ0v) is 12.0. The van der Waals surface area contributed by atoms with Crippen LogP contribution in [0.4, 0.5) is 5.69 Å². The van der Waals surface area contributed by atoms with Crippen molar-refractivity contribution in [1.82, 2.24) is 0 Å². The molecule has 2 N–H and O–H groups in total. The average molecular weight is 284 g/mol. The average Bonchev–Trinajstić information content (AvgIpc) is 2.76. The number of thioether (sulfide) groups is 1. The number of hydrogen-bond acceptors (Lipinski definition) is 3. The van der Waals surface area contributed by atoms with Crippen LogP contribution in [0.1, 0.15) is 16.7 Å². The van der Waals surface area contributed by atoms with Crippen LogP contribution in [0.3, 0.4) is 0 Å². The van der Waals surface area contributed by atoms with E-state index in [0.717, 1.165) is 22.1 Å². The van der Waals surface area contributed by atoms with Crippen molar-refractivity contribution in [3.05, 3.63) is 45.1 Å². The van der Waals surface area contributed by atoms with E-state index in [0.29, 0.717) is 5.69 Å². The third-order valence-corrected chi connectivity index (χ3v) is 5.35. The highest BCUT2D eigenvalue weighted by Gasteiger charge is 2.04. The van der Waals surface area contributed by atoms with Crippen molar-refractivity contribution in [2.24, 2.45) is 0 Å². The van der Waals surface area contributed by atoms with Crippen LogP contribution >= 0.6 is 34.7 Å². The van der Waals surface area contributed by atoms with Gasteiger partial charge in [0.05, 0.1) is 5.02 Å². The van der Waals surface area contributed by atoms with Gasteiger partial charge in [-0.25, -0.2) is 0 Å². The van der Waals surface area contributed by atoms with E-state index in [4.69, 9.17) is 17.3 Å². The maximum absolute atomic E-state index is 6.13. The van der Waals surface area contributed by atoms with Crippen LogP contribution in [0.2, 0.25) is 5.02 Å². The molecule has 0 saturated heterocycles. The molecule has 4 heteroatoms. The highest BCUT2D eigenvalue weighted by Crippen LogP contribution is 2.32. The van der Waals surface area contributed by atoms with Crippen LogP contribution in [0.15, 0.2) is 35.2 Å². The largest absolute Gasteiger partial charge is 0.399 e. The van der Waals surface area contributed by atoms with Gasteiger partial charge >= 0.3 is 0 Å². The summed E-state index contributed by atoms with van der Waals surface area (Å²) in [4.78, 5) is 3.91. The number of benzene rings is 1. The third-order valence-electron chi connectivity index (χ3n) is 2.39. The second-order valence-electron chi connectivity index (χ2n) is 3.70. The van der Waals surface area contributed by atoms with Crippen molar-refractivity contribution in [2.75, 3.05) is 5.73 Å². The predicted molar refractivity (Wildman–Crippen MR) is 79.1 cm³/mol. The number of nitrogens with two attached hydrogens (primary N) is 1. The van der Waals surface area contributed by atoms with Gasteiger partial charge in [0.1, 0.15) is 0 Å². The minimum atomic E-state index is 0.712. The number of nitrogen functional groups attached to an aromatic ring is 1. The molecule has 0 radical (unpaired) electrons. The molecule has 1 aromatic heterocycles. The van der Waals surface area contributed by atoms with Gasteiger partial charge < -0.3 is 5.73 Å². The fourth-order valence-electron chi connectivity index (χ4n) is 1.47. The summed E-state index contributed by atoms with van der Waals surface area (Å²) in [5.74, 6) is 0.967. The van der Waals surface area contributed by atoms with E-state index in [-0.39, 0.29) is 0 Å². The van der Waals surface area contributed by atoms with Crippen LogP contribution in [-0.2, 0) is 12.2 Å². The summed E-state index contributed by atoms with van der Waals surface area (Å²) in [6, 6.07) is 10.1. The van der Waals surface area contributed by atoms with Gasteiger partial charge in [-0.2, -0.15) is 0 Å². The minimum absolute atomic E-state index is 0.712. The molecule has 0 aliphatic carbocycles. The Kier molecular flexibility index (Phi) is 4.37. The highest BCUT2D eigenvalue weighted by atomic mass is 35.5. The first kappa shape index (κ1) is 12.8. The third kappa shape index (κ3) is 3.41. The Balaban J connectivity index is 2.02. The molecule has 90 valence electrons. The summed E-state index contributed by atoms with van der Waals surface area (Å²) >= 11 is 9.76. The van der Waals surface area contributed by atoms with E-state index in [1.165, 1.54) is 9.75 Å². The lowest BCUT2D eigenvalue weighted by Crippen LogP contribution is -1.84. The first-order valence-corrected chi connectivity index (χ1v) is 7.62. The maximum Gasteiger partial charge on any atom is 0.0562 e. The van der Waals surface area contributed by atoms with Crippen molar-refractivity contribution in [2.45, 2.75) is 24.0 Å². The van der Waals surface area contributed by atoms with Crippen molar-refractivity contribution in [1.29, 1.82) is 0 Å². The van der Waals surface area contributed by atoms with Crippen LogP contribution in [0.25, 0.3) is 0 Å². The molecule has 0 aliphatic rings. The summed E-state index contributed by atoms with van der Waals surface area (Å²) < 4.78 is 0. The lowest BCUT2D eigenvalue weighted by molar-refractivity contribution is 1.19. The zero-order valence-electron chi connectivity index (χ0n) is 9.57. The van der Waals surface area contributed by atoms with Gasteiger partial charge in [-0.15, -0.1) is 23.1 Å². The van der Waals surface area contributed by atoms with Gasteiger partial charge in [0.25, 0.3) is 0 Å². The van der Waals surface area contributed by atoms with Gasteiger partial charge in [-0.3, -0.25) is 0 Å². The number of halogens is 1. The molecule has 0 fully saturated rings. The van der Waals surface area contributed by atoms with Gasteiger partial charge in [-0.05, 0) is 36.8 Å². The second kappa shape index (κ2) is 5.80. The molecule has 0 atom stereocenters. The van der Waals surface area contributed by atoms with Gasteiger partial charge in [0, 0.05) is 26.1 Å². The van der Waals surface area contributed by atoms with Crippen LogP contribution in [-0.4, -0.2) is 0 Å². The Morgan fingerprint density at radius 2 is 2.00 bits per heavy atom. The molecule has 0 unspecified atom stereocenters. The molecular formula is C13H14ClNS2. The molecule has 0 saturated carbocycles. The Labute approximate surface area is 115 Å². The Morgan fingerprint density at radius 3 is 2.65 bits per heavy atom. The van der Waals surface area contributed by atoms with E-state index in [1.807, 2.05) is 23.5 Å². The smallest absolute Gasteiger partial charge is 0.0562 e. The monoisotopic (exact) mass is 283 g/mol. The molecular weight excluding hydrogens is 270 g/mol. The van der Waals surface area contributed by atoms with Crippen molar-refractivity contribution >= 4 is 40.4 Å².